The molecule has 0 N–H and O–H groups in total. The molecule has 1 rings (SSSR count). The largest absolute Gasteiger partial charge is 0.290 e. The Morgan fingerprint density at radius 1 is 1.30 bits per heavy atom. The zero-order valence-corrected chi connectivity index (χ0v) is 6.52. The molecule has 0 aromatic carbocycles. The smallest absolute Gasteiger partial charge is 0.178 e. The van der Waals surface area contributed by atoms with Crippen LogP contribution in [0.25, 0.3) is 0 Å². The number of carbonyl (C=O) groups excluding carboxylic acids is 1. The highest BCUT2D eigenvalue weighted by atomic mass is 32.2. The highest BCUT2D eigenvalue weighted by molar-refractivity contribution is 8.01. The Morgan fingerprint density at radius 3 is 2.40 bits per heavy atom. The van der Waals surface area contributed by atoms with E-state index in [0.29, 0.717) is 0 Å². The van der Waals surface area contributed by atoms with E-state index in [4.69, 9.17) is 0 Å². The van der Waals surface area contributed by atoms with Crippen molar-refractivity contribution in [1.29, 1.82) is 0 Å². The predicted molar refractivity (Wildman–Crippen MR) is 44.9 cm³/mol. The lowest BCUT2D eigenvalue weighted by Crippen LogP contribution is -1.90. The van der Waals surface area contributed by atoms with Crippen molar-refractivity contribution >= 4 is 17.5 Å². The van der Waals surface area contributed by atoms with Gasteiger partial charge in [-0.1, -0.05) is 12.2 Å². The van der Waals surface area contributed by atoms with Gasteiger partial charge in [0.1, 0.15) is 0 Å². The van der Waals surface area contributed by atoms with E-state index in [1.807, 2.05) is 23.8 Å². The summed E-state index contributed by atoms with van der Waals surface area (Å²) in [6.45, 7) is 0. The molecular formula is C8H8OS. The average molecular weight is 152 g/mol. The quantitative estimate of drug-likeness (QED) is 0.571. The summed E-state index contributed by atoms with van der Waals surface area (Å²) in [5, 5.41) is 2.00. The maximum atomic E-state index is 10.6. The van der Waals surface area contributed by atoms with Crippen LogP contribution < -0.4 is 0 Å². The van der Waals surface area contributed by atoms with Crippen molar-refractivity contribution in [2.75, 3.05) is 6.26 Å². The lowest BCUT2D eigenvalue weighted by molar-refractivity contribution is -0.110. The Kier molecular flexibility index (Phi) is 2.51. The molecule has 52 valence electrons. The van der Waals surface area contributed by atoms with Crippen LogP contribution in [-0.2, 0) is 4.79 Å². The van der Waals surface area contributed by atoms with Gasteiger partial charge in [0.2, 0.25) is 0 Å². The molecule has 1 aliphatic rings. The van der Waals surface area contributed by atoms with Crippen LogP contribution in [0.3, 0.4) is 0 Å². The van der Waals surface area contributed by atoms with Crippen LogP contribution in [0.4, 0.5) is 0 Å². The molecule has 0 bridgehead atoms. The fraction of sp³-hybridized carbons (Fsp3) is 0.125. The highest BCUT2D eigenvalue weighted by Crippen LogP contribution is 2.09. The van der Waals surface area contributed by atoms with Crippen LogP contribution in [0, 0.1) is 0 Å². The second-order valence-electron chi connectivity index (χ2n) is 1.92. The summed E-state index contributed by atoms with van der Waals surface area (Å²) in [5.41, 5.74) is 1.09. The summed E-state index contributed by atoms with van der Waals surface area (Å²) in [4.78, 5) is 10.6. The van der Waals surface area contributed by atoms with Crippen molar-refractivity contribution in [1.82, 2.24) is 0 Å². The molecule has 0 saturated carbocycles. The fourth-order valence-electron chi connectivity index (χ4n) is 0.682. The first kappa shape index (κ1) is 7.35. The Morgan fingerprint density at radius 2 is 1.90 bits per heavy atom. The van der Waals surface area contributed by atoms with Crippen molar-refractivity contribution in [3.05, 3.63) is 35.3 Å². The van der Waals surface area contributed by atoms with Gasteiger partial charge in [0.25, 0.3) is 0 Å². The maximum Gasteiger partial charge on any atom is 0.178 e. The molecule has 0 aliphatic heterocycles. The molecule has 0 saturated heterocycles. The fourth-order valence-corrected chi connectivity index (χ4v) is 1.11. The second kappa shape index (κ2) is 3.42. The standard InChI is InChI=1S/C8H8OS/c1-10-6-7-2-4-8(9)5-3-7/h2-6H,1H3. The van der Waals surface area contributed by atoms with Gasteiger partial charge in [-0.15, -0.1) is 11.8 Å². The van der Waals surface area contributed by atoms with Crippen LogP contribution >= 0.6 is 11.8 Å². The van der Waals surface area contributed by atoms with Gasteiger partial charge in [0.05, 0.1) is 0 Å². The number of hydrogen-bond acceptors (Lipinski definition) is 2. The Labute approximate surface area is 64.5 Å². The van der Waals surface area contributed by atoms with Crippen molar-refractivity contribution in [3.63, 3.8) is 0 Å². The van der Waals surface area contributed by atoms with Gasteiger partial charge in [0.15, 0.2) is 5.78 Å². The first-order valence-electron chi connectivity index (χ1n) is 2.96. The minimum Gasteiger partial charge on any atom is -0.290 e. The summed E-state index contributed by atoms with van der Waals surface area (Å²) in [6, 6.07) is 0. The highest BCUT2D eigenvalue weighted by Gasteiger charge is 1.95. The molecule has 10 heavy (non-hydrogen) atoms. The van der Waals surface area contributed by atoms with Crippen molar-refractivity contribution in [2.24, 2.45) is 0 Å². The summed E-state index contributed by atoms with van der Waals surface area (Å²) in [5.74, 6) is 0.0678. The molecule has 2 heteroatoms. The molecule has 0 radical (unpaired) electrons. The van der Waals surface area contributed by atoms with Crippen LogP contribution in [0.5, 0.6) is 0 Å². The van der Waals surface area contributed by atoms with Crippen molar-refractivity contribution in [3.8, 4) is 0 Å². The van der Waals surface area contributed by atoms with E-state index in [1.54, 1.807) is 23.9 Å². The number of thioether (sulfide) groups is 1. The number of hydrogen-bond donors (Lipinski definition) is 0. The van der Waals surface area contributed by atoms with E-state index in [2.05, 4.69) is 0 Å². The SMILES string of the molecule is CSC=C1C=CC(=O)C=C1. The zero-order valence-electron chi connectivity index (χ0n) is 5.70. The van der Waals surface area contributed by atoms with E-state index in [0.717, 1.165) is 5.57 Å². The molecule has 0 spiro atoms. The normalized spacial score (nSPS) is 16.1. The van der Waals surface area contributed by atoms with Gasteiger partial charge in [-0.2, -0.15) is 0 Å². The van der Waals surface area contributed by atoms with Crippen LogP contribution in [-0.4, -0.2) is 12.0 Å². The zero-order chi connectivity index (χ0) is 7.40. The van der Waals surface area contributed by atoms with Gasteiger partial charge in [0, 0.05) is 0 Å². The van der Waals surface area contributed by atoms with Crippen molar-refractivity contribution < 1.29 is 4.79 Å². The van der Waals surface area contributed by atoms with Crippen molar-refractivity contribution in [2.45, 2.75) is 0 Å². The molecular weight excluding hydrogens is 144 g/mol. The summed E-state index contributed by atoms with van der Waals surface area (Å²) >= 11 is 1.63. The minimum atomic E-state index is 0.0678. The third-order valence-electron chi connectivity index (χ3n) is 1.13. The third-order valence-corrected chi connectivity index (χ3v) is 1.64. The van der Waals surface area contributed by atoms with Crippen LogP contribution in [0.15, 0.2) is 35.3 Å². The molecule has 1 nitrogen and oxygen atoms in total. The summed E-state index contributed by atoms with van der Waals surface area (Å²) in [6.07, 6.45) is 8.77. The Bertz CT molecular complexity index is 205. The second-order valence-corrected chi connectivity index (χ2v) is 2.63. The maximum absolute atomic E-state index is 10.6. The first-order chi connectivity index (χ1) is 4.83. The number of allylic oxidation sites excluding steroid dienone is 5. The number of rotatable bonds is 1. The molecule has 0 fully saturated rings. The first-order valence-corrected chi connectivity index (χ1v) is 4.25. The molecule has 1 aliphatic carbocycles. The lowest BCUT2D eigenvalue weighted by Gasteiger charge is -1.96. The predicted octanol–water partition coefficient (Wildman–Crippen LogP) is 1.93. The van der Waals surface area contributed by atoms with E-state index in [1.165, 1.54) is 0 Å². The minimum absolute atomic E-state index is 0.0678. The third kappa shape index (κ3) is 1.88. The molecule has 0 amide bonds. The van der Waals surface area contributed by atoms with Gasteiger partial charge < -0.3 is 0 Å². The summed E-state index contributed by atoms with van der Waals surface area (Å²) in [7, 11) is 0. The van der Waals surface area contributed by atoms with E-state index in [-0.39, 0.29) is 5.78 Å². The number of ketones is 1. The average Bonchev–Trinajstić information content (AvgIpc) is 1.95. The molecule has 0 aromatic rings. The van der Waals surface area contributed by atoms with E-state index < -0.39 is 0 Å². The molecule has 0 unspecified atom stereocenters. The molecule has 0 atom stereocenters. The molecule has 0 aromatic heterocycles. The monoisotopic (exact) mass is 152 g/mol. The van der Waals surface area contributed by atoms with Gasteiger partial charge in [-0.3, -0.25) is 4.79 Å². The topological polar surface area (TPSA) is 17.1 Å². The summed E-state index contributed by atoms with van der Waals surface area (Å²) < 4.78 is 0. The van der Waals surface area contributed by atoms with Crippen LogP contribution in [0.2, 0.25) is 0 Å². The molecule has 0 heterocycles. The van der Waals surface area contributed by atoms with Gasteiger partial charge >= 0.3 is 0 Å². The number of carbonyl (C=O) groups is 1. The Hall–Kier alpha value is -0.760. The van der Waals surface area contributed by atoms with E-state index in [9.17, 15) is 4.79 Å². The van der Waals surface area contributed by atoms with E-state index >= 15 is 0 Å². The van der Waals surface area contributed by atoms with Gasteiger partial charge in [-0.05, 0) is 29.4 Å². The lowest BCUT2D eigenvalue weighted by atomic mass is 10.1. The van der Waals surface area contributed by atoms with Gasteiger partial charge in [-0.25, -0.2) is 0 Å². The van der Waals surface area contributed by atoms with Crippen LogP contribution in [0.1, 0.15) is 0 Å². The Balaban J connectivity index is 2.71.